The molecule has 0 unspecified atom stereocenters. The second-order valence-corrected chi connectivity index (χ2v) is 4.27. The quantitative estimate of drug-likeness (QED) is 0.612. The first-order valence-electron chi connectivity index (χ1n) is 5.28. The minimum Gasteiger partial charge on any atom is -0.287 e. The fourth-order valence-electron chi connectivity index (χ4n) is 1.44. The first-order chi connectivity index (χ1) is 8.20. The van der Waals surface area contributed by atoms with E-state index in [1.165, 1.54) is 18.2 Å². The Hall–Kier alpha value is -1.73. The van der Waals surface area contributed by atoms with E-state index in [9.17, 15) is 4.79 Å². The number of benzene rings is 1. The predicted molar refractivity (Wildman–Crippen MR) is 60.2 cm³/mol. The minimum absolute atomic E-state index is 0.0381. The van der Waals surface area contributed by atoms with Crippen LogP contribution in [-0.2, 0) is 9.68 Å². The molecule has 1 aromatic carbocycles. The number of carbonyl (C=O) groups excluding carboxylic acids is 1. The lowest BCUT2D eigenvalue weighted by molar-refractivity contribution is -0.221. The summed E-state index contributed by atoms with van der Waals surface area (Å²) in [6.45, 7) is 0. The van der Waals surface area contributed by atoms with Crippen LogP contribution in [0.1, 0.15) is 24.8 Å². The Kier molecular flexibility index (Phi) is 3.50. The lowest BCUT2D eigenvalue weighted by atomic mass is 9.86. The van der Waals surface area contributed by atoms with Gasteiger partial charge in [-0.15, -0.1) is 0 Å². The summed E-state index contributed by atoms with van der Waals surface area (Å²) in [4.78, 5) is 20.9. The lowest BCUT2D eigenvalue weighted by Gasteiger charge is -2.21. The Balaban J connectivity index is 1.93. The van der Waals surface area contributed by atoms with Gasteiger partial charge in [0.1, 0.15) is 6.07 Å². The van der Waals surface area contributed by atoms with Crippen molar-refractivity contribution >= 4 is 17.6 Å². The third kappa shape index (κ3) is 2.69. The van der Waals surface area contributed by atoms with Crippen LogP contribution in [0.15, 0.2) is 18.2 Å². The summed E-state index contributed by atoms with van der Waals surface area (Å²) < 4.78 is 0. The molecule has 1 aliphatic carbocycles. The molecular weight excluding hydrogens is 242 g/mol. The average molecular weight is 252 g/mol. The van der Waals surface area contributed by atoms with Crippen LogP contribution in [0.5, 0.6) is 5.75 Å². The van der Waals surface area contributed by atoms with Gasteiger partial charge < -0.3 is 0 Å². The molecule has 1 fully saturated rings. The first-order valence-corrected chi connectivity index (χ1v) is 5.66. The van der Waals surface area contributed by atoms with E-state index in [1.807, 2.05) is 6.07 Å². The zero-order chi connectivity index (χ0) is 12.3. The fraction of sp³-hybridized carbons (Fsp3) is 0.333. The summed E-state index contributed by atoms with van der Waals surface area (Å²) in [6, 6.07) is 6.40. The summed E-state index contributed by atoms with van der Waals surface area (Å²) in [6.07, 6.45) is 2.77. The third-order valence-electron chi connectivity index (χ3n) is 2.72. The summed E-state index contributed by atoms with van der Waals surface area (Å²) in [7, 11) is 0. The Morgan fingerprint density at radius 3 is 2.76 bits per heavy atom. The molecule has 0 heterocycles. The Morgan fingerprint density at radius 1 is 1.47 bits per heavy atom. The molecule has 1 saturated carbocycles. The van der Waals surface area contributed by atoms with Crippen molar-refractivity contribution in [2.75, 3.05) is 0 Å². The molecule has 0 atom stereocenters. The van der Waals surface area contributed by atoms with E-state index in [4.69, 9.17) is 21.8 Å². The third-order valence-corrected chi connectivity index (χ3v) is 3.03. The maximum absolute atomic E-state index is 11.4. The van der Waals surface area contributed by atoms with Gasteiger partial charge in [-0.1, -0.05) is 18.0 Å². The molecule has 0 amide bonds. The number of halogens is 1. The van der Waals surface area contributed by atoms with E-state index in [0.29, 0.717) is 11.3 Å². The molecule has 0 aliphatic heterocycles. The molecule has 2 rings (SSSR count). The Labute approximate surface area is 104 Å². The van der Waals surface area contributed by atoms with Crippen molar-refractivity contribution in [3.63, 3.8) is 0 Å². The van der Waals surface area contributed by atoms with Gasteiger partial charge >= 0.3 is 5.97 Å². The van der Waals surface area contributed by atoms with Crippen LogP contribution < -0.4 is 4.89 Å². The highest BCUT2D eigenvalue weighted by Gasteiger charge is 2.28. The SMILES string of the molecule is N#Cc1ccc(OOC(=O)C2CCC2)cc1Cl. The molecule has 4 nitrogen and oxygen atoms in total. The molecule has 0 saturated heterocycles. The molecule has 0 spiro atoms. The van der Waals surface area contributed by atoms with Crippen molar-refractivity contribution in [3.05, 3.63) is 28.8 Å². The van der Waals surface area contributed by atoms with Crippen LogP contribution in [0, 0.1) is 17.2 Å². The monoisotopic (exact) mass is 251 g/mol. The van der Waals surface area contributed by atoms with Crippen molar-refractivity contribution in [2.45, 2.75) is 19.3 Å². The molecule has 1 aromatic rings. The number of hydrogen-bond acceptors (Lipinski definition) is 4. The van der Waals surface area contributed by atoms with Crippen LogP contribution in [0.4, 0.5) is 0 Å². The van der Waals surface area contributed by atoms with Crippen molar-refractivity contribution < 1.29 is 14.6 Å². The van der Waals surface area contributed by atoms with E-state index in [2.05, 4.69) is 4.89 Å². The minimum atomic E-state index is -0.350. The maximum Gasteiger partial charge on any atom is 0.358 e. The van der Waals surface area contributed by atoms with Gasteiger partial charge in [0.25, 0.3) is 0 Å². The molecule has 17 heavy (non-hydrogen) atoms. The van der Waals surface area contributed by atoms with Gasteiger partial charge in [-0.05, 0) is 25.0 Å². The lowest BCUT2D eigenvalue weighted by Crippen LogP contribution is -2.25. The van der Waals surface area contributed by atoms with E-state index in [-0.39, 0.29) is 16.9 Å². The highest BCUT2D eigenvalue weighted by Crippen LogP contribution is 2.28. The molecule has 0 bridgehead atoms. The zero-order valence-electron chi connectivity index (χ0n) is 8.98. The summed E-state index contributed by atoms with van der Waals surface area (Å²) >= 11 is 5.80. The second-order valence-electron chi connectivity index (χ2n) is 3.87. The summed E-state index contributed by atoms with van der Waals surface area (Å²) in [5, 5.41) is 8.95. The highest BCUT2D eigenvalue weighted by atomic mass is 35.5. The molecular formula is C12H10ClNO3. The van der Waals surface area contributed by atoms with Gasteiger partial charge in [0, 0.05) is 6.07 Å². The summed E-state index contributed by atoms with van der Waals surface area (Å²) in [5.41, 5.74) is 0.351. The standard InChI is InChI=1S/C12H10ClNO3/c13-11-6-10(5-4-9(11)7-14)16-17-12(15)8-2-1-3-8/h4-6,8H,1-3H2. The molecule has 5 heteroatoms. The Bertz CT molecular complexity index is 477. The molecule has 1 aliphatic rings. The number of rotatable bonds is 3. The average Bonchev–Trinajstić information content (AvgIpc) is 2.24. The van der Waals surface area contributed by atoms with Crippen LogP contribution in [0.3, 0.4) is 0 Å². The van der Waals surface area contributed by atoms with E-state index >= 15 is 0 Å². The topological polar surface area (TPSA) is 59.3 Å². The van der Waals surface area contributed by atoms with Gasteiger partial charge in [-0.3, -0.25) is 9.78 Å². The van der Waals surface area contributed by atoms with Crippen LogP contribution in [0.2, 0.25) is 5.02 Å². The van der Waals surface area contributed by atoms with Gasteiger partial charge in [0.05, 0.1) is 16.5 Å². The number of hydrogen-bond donors (Lipinski definition) is 0. The smallest absolute Gasteiger partial charge is 0.287 e. The highest BCUT2D eigenvalue weighted by molar-refractivity contribution is 6.31. The fourth-order valence-corrected chi connectivity index (χ4v) is 1.65. The zero-order valence-corrected chi connectivity index (χ0v) is 9.74. The van der Waals surface area contributed by atoms with Crippen molar-refractivity contribution in [2.24, 2.45) is 5.92 Å². The van der Waals surface area contributed by atoms with E-state index < -0.39 is 0 Å². The van der Waals surface area contributed by atoms with Crippen LogP contribution >= 0.6 is 11.6 Å². The van der Waals surface area contributed by atoms with Crippen molar-refractivity contribution in [1.29, 1.82) is 5.26 Å². The molecule has 88 valence electrons. The normalized spacial score (nSPS) is 14.6. The van der Waals surface area contributed by atoms with Crippen LogP contribution in [0.25, 0.3) is 0 Å². The van der Waals surface area contributed by atoms with E-state index in [0.717, 1.165) is 19.3 Å². The van der Waals surface area contributed by atoms with E-state index in [1.54, 1.807) is 0 Å². The molecule has 0 radical (unpaired) electrons. The van der Waals surface area contributed by atoms with Gasteiger partial charge in [0.2, 0.25) is 0 Å². The predicted octanol–water partition coefficient (Wildman–Crippen LogP) is 2.85. The van der Waals surface area contributed by atoms with Crippen molar-refractivity contribution in [3.8, 4) is 11.8 Å². The second kappa shape index (κ2) is 5.07. The summed E-state index contributed by atoms with van der Waals surface area (Å²) in [5.74, 6) is -0.0812. The van der Waals surface area contributed by atoms with Crippen molar-refractivity contribution in [1.82, 2.24) is 0 Å². The first kappa shape index (κ1) is 11.7. The molecule has 0 N–H and O–H groups in total. The molecule has 0 aromatic heterocycles. The van der Waals surface area contributed by atoms with Gasteiger partial charge in [-0.25, -0.2) is 4.79 Å². The Morgan fingerprint density at radius 2 is 2.24 bits per heavy atom. The van der Waals surface area contributed by atoms with Gasteiger partial charge in [-0.2, -0.15) is 5.26 Å². The maximum atomic E-state index is 11.4. The number of nitrogens with zero attached hydrogens (tertiary/aromatic N) is 1. The number of nitriles is 1. The number of carbonyl (C=O) groups is 1. The largest absolute Gasteiger partial charge is 0.358 e. The van der Waals surface area contributed by atoms with Gasteiger partial charge in [0.15, 0.2) is 5.75 Å². The van der Waals surface area contributed by atoms with Crippen LogP contribution in [-0.4, -0.2) is 5.97 Å².